The fraction of sp³-hybridized carbons (Fsp3) is 0.500. The Balaban J connectivity index is 1.93. The van der Waals surface area contributed by atoms with E-state index in [1.807, 2.05) is 0 Å². The van der Waals surface area contributed by atoms with E-state index in [1.165, 1.54) is 0 Å². The first-order valence-electron chi connectivity index (χ1n) is 7.56. The Morgan fingerprint density at radius 2 is 2.09 bits per heavy atom. The van der Waals surface area contributed by atoms with Crippen LogP contribution < -0.4 is 4.74 Å². The molecular formula is C16H19Cl2NO4. The molecule has 0 bridgehead atoms. The second kappa shape index (κ2) is 8.41. The predicted molar refractivity (Wildman–Crippen MR) is 88.2 cm³/mol. The third kappa shape index (κ3) is 5.29. The zero-order valence-corrected chi connectivity index (χ0v) is 14.1. The molecule has 1 aliphatic rings. The van der Waals surface area contributed by atoms with Crippen molar-refractivity contribution in [2.45, 2.75) is 38.1 Å². The van der Waals surface area contributed by atoms with Crippen molar-refractivity contribution in [3.05, 3.63) is 28.2 Å². The lowest BCUT2D eigenvalue weighted by molar-refractivity contribution is -0.141. The molecule has 1 heterocycles. The molecule has 5 nitrogen and oxygen atoms in total. The number of halogens is 2. The molecule has 7 heteroatoms. The van der Waals surface area contributed by atoms with Crippen LogP contribution >= 0.6 is 23.2 Å². The maximum atomic E-state index is 12.4. The molecule has 0 spiro atoms. The molecule has 1 atom stereocenters. The molecule has 1 aliphatic heterocycles. The SMILES string of the molecule is O=C(O)CCC1CCCCN1C(=O)COc1ccc(Cl)cc1Cl. The van der Waals surface area contributed by atoms with Crippen LogP contribution in [0.25, 0.3) is 0 Å². The second-order valence-corrected chi connectivity index (χ2v) is 6.38. The molecule has 1 aromatic rings. The third-order valence-electron chi connectivity index (χ3n) is 3.88. The van der Waals surface area contributed by atoms with Crippen LogP contribution in [-0.4, -0.2) is 41.1 Å². The van der Waals surface area contributed by atoms with Crippen molar-refractivity contribution < 1.29 is 19.4 Å². The smallest absolute Gasteiger partial charge is 0.303 e. The highest BCUT2D eigenvalue weighted by Crippen LogP contribution is 2.28. The lowest BCUT2D eigenvalue weighted by atomic mass is 9.98. The van der Waals surface area contributed by atoms with Crippen LogP contribution in [0.1, 0.15) is 32.1 Å². The molecule has 1 fully saturated rings. The van der Waals surface area contributed by atoms with E-state index >= 15 is 0 Å². The van der Waals surface area contributed by atoms with Gasteiger partial charge in [0, 0.05) is 24.0 Å². The topological polar surface area (TPSA) is 66.8 Å². The monoisotopic (exact) mass is 359 g/mol. The molecule has 23 heavy (non-hydrogen) atoms. The number of carboxylic acids is 1. The van der Waals surface area contributed by atoms with E-state index in [4.69, 9.17) is 33.0 Å². The number of rotatable bonds is 6. The van der Waals surface area contributed by atoms with E-state index in [0.29, 0.717) is 28.8 Å². The normalized spacial score (nSPS) is 17.8. The van der Waals surface area contributed by atoms with Crippen molar-refractivity contribution in [1.82, 2.24) is 4.90 Å². The number of likely N-dealkylation sites (tertiary alicyclic amines) is 1. The number of carbonyl (C=O) groups is 2. The van der Waals surface area contributed by atoms with Gasteiger partial charge >= 0.3 is 5.97 Å². The highest BCUT2D eigenvalue weighted by molar-refractivity contribution is 6.35. The number of benzene rings is 1. The Morgan fingerprint density at radius 3 is 2.78 bits per heavy atom. The van der Waals surface area contributed by atoms with Crippen molar-refractivity contribution in [2.75, 3.05) is 13.2 Å². The van der Waals surface area contributed by atoms with Crippen molar-refractivity contribution in [2.24, 2.45) is 0 Å². The average Bonchev–Trinajstić information content (AvgIpc) is 2.52. The Morgan fingerprint density at radius 1 is 1.30 bits per heavy atom. The molecular weight excluding hydrogens is 341 g/mol. The van der Waals surface area contributed by atoms with E-state index < -0.39 is 5.97 Å². The maximum absolute atomic E-state index is 12.4. The van der Waals surface area contributed by atoms with Crippen molar-refractivity contribution in [3.8, 4) is 5.75 Å². The predicted octanol–water partition coefficient (Wildman–Crippen LogP) is 3.62. The summed E-state index contributed by atoms with van der Waals surface area (Å²) >= 11 is 11.8. The van der Waals surface area contributed by atoms with E-state index in [2.05, 4.69) is 0 Å². The fourth-order valence-corrected chi connectivity index (χ4v) is 3.20. The minimum Gasteiger partial charge on any atom is -0.482 e. The summed E-state index contributed by atoms with van der Waals surface area (Å²) < 4.78 is 5.48. The lowest BCUT2D eigenvalue weighted by Gasteiger charge is -2.35. The van der Waals surface area contributed by atoms with Gasteiger partial charge in [0.2, 0.25) is 0 Å². The highest BCUT2D eigenvalue weighted by Gasteiger charge is 2.27. The first kappa shape index (κ1) is 17.9. The zero-order chi connectivity index (χ0) is 16.8. The number of carbonyl (C=O) groups excluding carboxylic acids is 1. The molecule has 126 valence electrons. The Kier molecular flexibility index (Phi) is 6.54. The number of hydrogen-bond donors (Lipinski definition) is 1. The molecule has 1 unspecified atom stereocenters. The van der Waals surface area contributed by atoms with Crippen LogP contribution in [0.2, 0.25) is 10.0 Å². The van der Waals surface area contributed by atoms with E-state index in [9.17, 15) is 9.59 Å². The summed E-state index contributed by atoms with van der Waals surface area (Å²) in [5, 5.41) is 9.67. The van der Waals surface area contributed by atoms with Gasteiger partial charge < -0.3 is 14.7 Å². The zero-order valence-electron chi connectivity index (χ0n) is 12.6. The molecule has 1 N–H and O–H groups in total. The summed E-state index contributed by atoms with van der Waals surface area (Å²) in [7, 11) is 0. The number of carboxylic acid groups (broad SMARTS) is 1. The van der Waals surface area contributed by atoms with Gasteiger partial charge in [-0.1, -0.05) is 23.2 Å². The first-order valence-corrected chi connectivity index (χ1v) is 8.32. The van der Waals surface area contributed by atoms with Crippen LogP contribution in [0.15, 0.2) is 18.2 Å². The standard InChI is InChI=1S/C16H19Cl2NO4/c17-11-4-6-14(13(18)9-11)23-10-15(20)19-8-2-1-3-12(19)5-7-16(21)22/h4,6,9,12H,1-3,5,7-8,10H2,(H,21,22). The molecule has 0 aromatic heterocycles. The van der Waals surface area contributed by atoms with Gasteiger partial charge in [-0.25, -0.2) is 0 Å². The van der Waals surface area contributed by atoms with Crippen LogP contribution in [0.4, 0.5) is 0 Å². The van der Waals surface area contributed by atoms with E-state index in [-0.39, 0.29) is 25.0 Å². The molecule has 0 radical (unpaired) electrons. The lowest BCUT2D eigenvalue weighted by Crippen LogP contribution is -2.46. The van der Waals surface area contributed by atoms with Gasteiger partial charge in [0.25, 0.3) is 5.91 Å². The molecule has 0 aliphatic carbocycles. The quantitative estimate of drug-likeness (QED) is 0.842. The molecule has 2 rings (SSSR count). The number of hydrogen-bond acceptors (Lipinski definition) is 3. The van der Waals surface area contributed by atoms with Crippen molar-refractivity contribution in [1.29, 1.82) is 0 Å². The maximum Gasteiger partial charge on any atom is 0.303 e. The van der Waals surface area contributed by atoms with Gasteiger partial charge in [-0.2, -0.15) is 0 Å². The van der Waals surface area contributed by atoms with Crippen LogP contribution in [0, 0.1) is 0 Å². The van der Waals surface area contributed by atoms with Crippen molar-refractivity contribution >= 4 is 35.1 Å². The Labute approximate surface area is 145 Å². The number of ether oxygens (including phenoxy) is 1. The van der Waals surface area contributed by atoms with Crippen LogP contribution in [0.5, 0.6) is 5.75 Å². The van der Waals surface area contributed by atoms with Gasteiger partial charge in [0.15, 0.2) is 6.61 Å². The minimum absolute atomic E-state index is 0.0309. The average molecular weight is 360 g/mol. The summed E-state index contributed by atoms with van der Waals surface area (Å²) in [5.74, 6) is -0.582. The molecule has 1 saturated heterocycles. The summed E-state index contributed by atoms with van der Waals surface area (Å²) in [5.41, 5.74) is 0. The Hall–Kier alpha value is -1.46. The van der Waals surface area contributed by atoms with Gasteiger partial charge in [-0.15, -0.1) is 0 Å². The van der Waals surface area contributed by atoms with E-state index in [1.54, 1.807) is 23.1 Å². The molecule has 1 amide bonds. The third-order valence-corrected chi connectivity index (χ3v) is 4.41. The van der Waals surface area contributed by atoms with E-state index in [0.717, 1.165) is 19.3 Å². The number of amides is 1. The van der Waals surface area contributed by atoms with Crippen LogP contribution in [0.3, 0.4) is 0 Å². The number of aliphatic carboxylic acids is 1. The number of piperidine rings is 1. The highest BCUT2D eigenvalue weighted by atomic mass is 35.5. The first-order chi connectivity index (χ1) is 11.0. The molecule has 1 aromatic carbocycles. The number of nitrogens with zero attached hydrogens (tertiary/aromatic N) is 1. The second-order valence-electron chi connectivity index (χ2n) is 5.53. The summed E-state index contributed by atoms with van der Waals surface area (Å²) in [6.45, 7) is 0.520. The summed E-state index contributed by atoms with van der Waals surface area (Å²) in [6, 6.07) is 4.79. The van der Waals surface area contributed by atoms with Gasteiger partial charge in [0.05, 0.1) is 5.02 Å². The van der Waals surface area contributed by atoms with Gasteiger partial charge in [-0.3, -0.25) is 9.59 Å². The van der Waals surface area contributed by atoms with Gasteiger partial charge in [-0.05, 0) is 43.9 Å². The minimum atomic E-state index is -0.841. The largest absolute Gasteiger partial charge is 0.482 e. The molecule has 0 saturated carbocycles. The van der Waals surface area contributed by atoms with Gasteiger partial charge in [0.1, 0.15) is 5.75 Å². The van der Waals surface area contributed by atoms with Crippen LogP contribution in [-0.2, 0) is 9.59 Å². The Bertz CT molecular complexity index is 579. The summed E-state index contributed by atoms with van der Waals surface area (Å²) in [4.78, 5) is 24.9. The summed E-state index contributed by atoms with van der Waals surface area (Å²) in [6.07, 6.45) is 3.32. The van der Waals surface area contributed by atoms with Crippen molar-refractivity contribution in [3.63, 3.8) is 0 Å². The fourth-order valence-electron chi connectivity index (χ4n) is 2.73.